The zero-order valence-electron chi connectivity index (χ0n) is 41.3. The Kier molecular flexibility index (Phi) is 20.4. The number of hydrogen-bond acceptors (Lipinski definition) is 15. The number of benzene rings is 1. The molecule has 70 heavy (non-hydrogen) atoms. The third kappa shape index (κ3) is 14.1. The number of methoxy groups -OCH3 is 2. The van der Waals surface area contributed by atoms with Gasteiger partial charge in [-0.05, 0) is 82.8 Å². The maximum Gasteiger partial charge on any atom is 0.514 e. The molecule has 19 heteroatoms. The number of nitro benzene ring substituents is 1. The van der Waals surface area contributed by atoms with Gasteiger partial charge < -0.3 is 57.7 Å². The molecule has 2 N–H and O–H groups in total. The van der Waals surface area contributed by atoms with Crippen LogP contribution in [0.4, 0.5) is 15.3 Å². The maximum atomic E-state index is 12.6. The van der Waals surface area contributed by atoms with Gasteiger partial charge in [-0.3, -0.25) is 10.1 Å². The van der Waals surface area contributed by atoms with E-state index in [9.17, 15) is 24.8 Å². The van der Waals surface area contributed by atoms with Gasteiger partial charge in [0.25, 0.3) is 5.69 Å². The number of epoxide rings is 4. The number of amides is 1. The van der Waals surface area contributed by atoms with Gasteiger partial charge in [0.15, 0.2) is 0 Å². The summed E-state index contributed by atoms with van der Waals surface area (Å²) in [5, 5.41) is 29.4. The van der Waals surface area contributed by atoms with Crippen molar-refractivity contribution in [2.24, 2.45) is 23.7 Å². The lowest BCUT2D eigenvalue weighted by atomic mass is 9.68. The molecule has 5 aliphatic heterocycles. The molecule has 396 valence electrons. The molecule has 5 heterocycles. The number of aliphatic hydroxyl groups is 2. The Bertz CT molecular complexity index is 1930. The minimum Gasteiger partial charge on any atom is -0.443 e. The fourth-order valence-electron chi connectivity index (χ4n) is 10.8. The highest BCUT2D eigenvalue weighted by Gasteiger charge is 2.73. The fraction of sp³-hybridized carbons (Fsp3) is 0.765. The molecule has 3 unspecified atom stereocenters. The molecule has 8 fully saturated rings. The van der Waals surface area contributed by atoms with Gasteiger partial charge in [0.1, 0.15) is 64.8 Å². The van der Waals surface area contributed by atoms with E-state index in [2.05, 4.69) is 65.8 Å². The van der Waals surface area contributed by atoms with Crippen molar-refractivity contribution in [2.75, 3.05) is 45.9 Å². The molecule has 1 aromatic carbocycles. The first-order valence-corrected chi connectivity index (χ1v) is 25.5. The normalized spacial score (nSPS) is 36.9. The van der Waals surface area contributed by atoms with Gasteiger partial charge in [0.05, 0.1) is 47.5 Å². The minimum absolute atomic E-state index is 0. The van der Waals surface area contributed by atoms with E-state index in [4.69, 9.17) is 70.9 Å². The van der Waals surface area contributed by atoms with Crippen molar-refractivity contribution in [3.63, 3.8) is 0 Å². The van der Waals surface area contributed by atoms with E-state index in [1.54, 1.807) is 19.1 Å². The molecular weight excluding hydrogens is 951 g/mol. The number of β-amino-alcohol motifs (C(OH)–C–C–N with tert-alkyl or cyclic N) is 1. The van der Waals surface area contributed by atoms with E-state index in [0.717, 1.165) is 25.7 Å². The highest BCUT2D eigenvalue weighted by atomic mass is 35.5. The number of halogens is 2. The van der Waals surface area contributed by atoms with Gasteiger partial charge >= 0.3 is 12.2 Å². The quantitative estimate of drug-likeness (QED) is 0.0379. The predicted molar refractivity (Wildman–Crippen MR) is 263 cm³/mol. The van der Waals surface area contributed by atoms with E-state index < -0.39 is 35.0 Å². The van der Waals surface area contributed by atoms with Gasteiger partial charge in [-0.1, -0.05) is 72.3 Å². The van der Waals surface area contributed by atoms with Crippen LogP contribution in [-0.4, -0.2) is 149 Å². The average molecular weight is 1030 g/mol. The number of ether oxygens (including phenoxy) is 9. The summed E-state index contributed by atoms with van der Waals surface area (Å²) in [4.78, 5) is 36.8. The zero-order valence-corrected chi connectivity index (χ0v) is 42.8. The van der Waals surface area contributed by atoms with Crippen LogP contribution in [0.2, 0.25) is 0 Å². The number of carbonyl (C=O) groups excluding carboxylic acids is 2. The van der Waals surface area contributed by atoms with Crippen molar-refractivity contribution in [3.8, 4) is 5.75 Å². The average Bonchev–Trinajstić information content (AvgIpc) is 4.28. The van der Waals surface area contributed by atoms with Crippen molar-refractivity contribution in [1.82, 2.24) is 4.90 Å². The van der Waals surface area contributed by atoms with Gasteiger partial charge in [0.2, 0.25) is 0 Å². The second-order valence-corrected chi connectivity index (χ2v) is 21.3. The van der Waals surface area contributed by atoms with E-state index in [-0.39, 0.29) is 89.5 Å². The Labute approximate surface area is 423 Å². The van der Waals surface area contributed by atoms with Crippen molar-refractivity contribution in [2.45, 2.75) is 178 Å². The highest BCUT2D eigenvalue weighted by Crippen LogP contribution is 2.60. The van der Waals surface area contributed by atoms with Crippen molar-refractivity contribution in [1.29, 1.82) is 0 Å². The number of nitro groups is 1. The highest BCUT2D eigenvalue weighted by molar-refractivity contribution is 6.40. The summed E-state index contributed by atoms with van der Waals surface area (Å²) in [6, 6.07) is 5.24. The predicted octanol–water partition coefficient (Wildman–Crippen LogP) is 9.14. The van der Waals surface area contributed by atoms with E-state index in [1.807, 2.05) is 0 Å². The molecule has 0 aromatic heterocycles. The third-order valence-electron chi connectivity index (χ3n) is 14.7. The van der Waals surface area contributed by atoms with Crippen LogP contribution in [0.3, 0.4) is 0 Å². The molecule has 17 nitrogen and oxygen atoms in total. The Hall–Kier alpha value is -3.10. The number of hydrogen-bond donors (Lipinski definition) is 2. The lowest BCUT2D eigenvalue weighted by molar-refractivity contribution is -0.384. The van der Waals surface area contributed by atoms with Gasteiger partial charge in [-0.15, -0.1) is 23.2 Å². The number of allylic oxidation sites excluding steroid dienone is 2. The lowest BCUT2D eigenvalue weighted by Crippen LogP contribution is -2.56. The summed E-state index contributed by atoms with van der Waals surface area (Å²) in [7, 11) is 3.27. The molecule has 0 bridgehead atoms. The van der Waals surface area contributed by atoms with Crippen LogP contribution in [0.1, 0.15) is 107 Å². The number of rotatable bonds is 12. The van der Waals surface area contributed by atoms with Crippen LogP contribution >= 0.6 is 23.2 Å². The third-order valence-corrected chi connectivity index (χ3v) is 14.7. The summed E-state index contributed by atoms with van der Waals surface area (Å²) in [5.41, 5.74) is -1.49. The monoisotopic (exact) mass is 1030 g/mol. The number of carbonyl (C=O) groups is 2. The largest absolute Gasteiger partial charge is 0.514 e. The first-order chi connectivity index (χ1) is 32.8. The lowest BCUT2D eigenvalue weighted by Gasteiger charge is -2.42. The summed E-state index contributed by atoms with van der Waals surface area (Å²) in [6.45, 7) is 14.9. The molecule has 9 rings (SSSR count). The molecule has 13 atom stereocenters. The zero-order chi connectivity index (χ0) is 50.3. The first kappa shape index (κ1) is 57.8. The molecule has 0 radical (unpaired) electrons. The number of alkyl halides is 2. The number of likely N-dealkylation sites (tertiary alicyclic amines) is 1. The molecule has 2 spiro atoms. The molecule has 1 amide bonds. The SMILES string of the molecule is C.CO[C@H]1C([C@]2(C)O[C@@H]2/C=C/C(C)C)[C@]2(CC[C@H]1OC(=O)N1CCC(O)C1)CO2.CO[C@H]1C([C@]2(C)O[C@@H]2/C=C/C(C)C)[C@]2(CC[C@H]1OC(=O)Oc1ccc([N+](=O)[O-])cc1)CO2.ClCCl.OC1CCCC1. The van der Waals surface area contributed by atoms with E-state index >= 15 is 0 Å². The van der Waals surface area contributed by atoms with E-state index in [0.29, 0.717) is 57.4 Å². The van der Waals surface area contributed by atoms with Crippen molar-refractivity contribution in [3.05, 3.63) is 58.7 Å². The van der Waals surface area contributed by atoms with Crippen LogP contribution in [0.15, 0.2) is 48.6 Å². The summed E-state index contributed by atoms with van der Waals surface area (Å²) < 4.78 is 52.5. The van der Waals surface area contributed by atoms with Crippen molar-refractivity contribution < 1.29 is 67.4 Å². The summed E-state index contributed by atoms with van der Waals surface area (Å²) >= 11 is 9.53. The number of nitrogens with zero attached hydrogens (tertiary/aromatic N) is 2. The van der Waals surface area contributed by atoms with E-state index in [1.165, 1.54) is 37.1 Å². The van der Waals surface area contributed by atoms with Crippen LogP contribution in [0, 0.1) is 33.8 Å². The Morgan fingerprint density at radius 2 is 1.26 bits per heavy atom. The Balaban J connectivity index is 0.000000220. The molecule has 3 aliphatic carbocycles. The smallest absolute Gasteiger partial charge is 0.443 e. The molecule has 1 aromatic rings. The van der Waals surface area contributed by atoms with Crippen LogP contribution < -0.4 is 4.74 Å². The van der Waals surface area contributed by atoms with Gasteiger partial charge in [-0.2, -0.15) is 0 Å². The molecule has 3 saturated carbocycles. The minimum atomic E-state index is -0.879. The summed E-state index contributed by atoms with van der Waals surface area (Å²) in [6.07, 6.45) is 13.3. The van der Waals surface area contributed by atoms with Crippen LogP contribution in [0.5, 0.6) is 5.75 Å². The standard InChI is InChI=1S/C23H29NO8.C21H33NO6.C5H10O.CH2Cl2.CH4/c1-14(2)5-10-18-22(3,32-18)20-19(28-4)17(11-12-23(20)13-29-23)31-21(25)30-16-8-6-15(7-9-16)24(26)27;1-13(2)5-6-16-20(3,28-16)18-17(25-4)15(7-9-21(18)12-26-21)27-19(24)22-10-8-14(23)11-22;6-5-3-1-2-4-5;2-1-3;/h5-10,14,17-20H,11-13H2,1-4H3;5-6,13-18,23H,7-12H2,1-4H3;5-6H,1-4H2;1H2;1H4/b10-5+;6-5+;;;/t17-,18-,19-,20?,22-,23+;14?,15-,16-,17-,18?,20-,21+;;;/m11.../s1. The molecule has 5 saturated heterocycles. The maximum absolute atomic E-state index is 12.6. The van der Waals surface area contributed by atoms with Gasteiger partial charge in [-0.25, -0.2) is 9.59 Å². The second-order valence-electron chi connectivity index (χ2n) is 20.5. The van der Waals surface area contributed by atoms with Crippen LogP contribution in [-0.2, 0) is 37.9 Å². The molecular formula is C51H78Cl2N2O15. The number of non-ortho nitro benzene ring substituents is 1. The van der Waals surface area contributed by atoms with Crippen molar-refractivity contribution >= 4 is 41.1 Å². The first-order valence-electron chi connectivity index (χ1n) is 24.4. The number of aliphatic hydroxyl groups excluding tert-OH is 2. The summed E-state index contributed by atoms with van der Waals surface area (Å²) in [5.74, 6) is 0.952. The topological polar surface area (TPSA) is 217 Å². The Morgan fingerprint density at radius 3 is 1.61 bits per heavy atom. The Morgan fingerprint density at radius 1 is 0.800 bits per heavy atom. The van der Waals surface area contributed by atoms with Crippen LogP contribution in [0.25, 0.3) is 0 Å². The second kappa shape index (κ2) is 24.8. The van der Waals surface area contributed by atoms with Gasteiger partial charge in [0, 0.05) is 39.4 Å². The molecule has 8 aliphatic rings. The fourth-order valence-corrected chi connectivity index (χ4v) is 10.8.